The summed E-state index contributed by atoms with van der Waals surface area (Å²) in [5.41, 5.74) is 3.38. The van der Waals surface area contributed by atoms with Crippen molar-refractivity contribution < 1.29 is 14.3 Å². The molecule has 8 heteroatoms. The molecule has 24 heavy (non-hydrogen) atoms. The molecule has 0 unspecified atom stereocenters. The summed E-state index contributed by atoms with van der Waals surface area (Å²) in [7, 11) is 1.55. The average Bonchev–Trinajstić information content (AvgIpc) is 2.57. The smallest absolute Gasteiger partial charge is 0.274 e. The maximum atomic E-state index is 12.0. The second kappa shape index (κ2) is 8.65. The first-order chi connectivity index (χ1) is 11.6. The van der Waals surface area contributed by atoms with Crippen molar-refractivity contribution in [2.45, 2.75) is 6.92 Å². The van der Waals surface area contributed by atoms with Crippen LogP contribution in [0, 0.1) is 0 Å². The van der Waals surface area contributed by atoms with Crippen molar-refractivity contribution in [3.05, 3.63) is 51.2 Å². The number of pyridine rings is 1. The quantitative estimate of drug-likeness (QED) is 0.446. The first-order valence-electron chi connectivity index (χ1n) is 7.01. The summed E-state index contributed by atoms with van der Waals surface area (Å²) in [5.74, 6) is 0.735. The van der Waals surface area contributed by atoms with Crippen molar-refractivity contribution in [1.29, 1.82) is 0 Å². The lowest BCUT2D eigenvalue weighted by molar-refractivity contribution is 0.0955. The Morgan fingerprint density at radius 2 is 2.29 bits per heavy atom. The van der Waals surface area contributed by atoms with Crippen LogP contribution in [0.15, 0.2) is 40.0 Å². The van der Waals surface area contributed by atoms with Crippen molar-refractivity contribution in [2.24, 2.45) is 5.10 Å². The number of methoxy groups -OCH3 is 1. The van der Waals surface area contributed by atoms with Gasteiger partial charge in [0.05, 0.1) is 30.0 Å². The van der Waals surface area contributed by atoms with Crippen LogP contribution in [0.25, 0.3) is 0 Å². The molecule has 2 rings (SSSR count). The molecule has 0 saturated carbocycles. The number of nitrogens with one attached hydrogen (secondary N) is 1. The van der Waals surface area contributed by atoms with Crippen molar-refractivity contribution >= 4 is 39.7 Å². The Morgan fingerprint density at radius 3 is 2.96 bits per heavy atom. The van der Waals surface area contributed by atoms with Gasteiger partial charge in [-0.2, -0.15) is 5.10 Å². The number of halogens is 2. The van der Waals surface area contributed by atoms with Gasteiger partial charge in [0.1, 0.15) is 5.15 Å². The lowest BCUT2D eigenvalue weighted by Gasteiger charge is -2.11. The summed E-state index contributed by atoms with van der Waals surface area (Å²) in [4.78, 5) is 15.8. The van der Waals surface area contributed by atoms with E-state index in [1.165, 1.54) is 12.4 Å². The fourth-order valence-electron chi connectivity index (χ4n) is 1.88. The van der Waals surface area contributed by atoms with Crippen molar-refractivity contribution in [2.75, 3.05) is 13.7 Å². The zero-order valence-corrected chi connectivity index (χ0v) is 15.4. The van der Waals surface area contributed by atoms with Gasteiger partial charge in [0.15, 0.2) is 11.5 Å². The monoisotopic (exact) mass is 411 g/mol. The molecule has 0 aliphatic heterocycles. The van der Waals surface area contributed by atoms with Crippen molar-refractivity contribution in [1.82, 2.24) is 10.4 Å². The minimum atomic E-state index is -0.443. The van der Waals surface area contributed by atoms with Gasteiger partial charge in [-0.1, -0.05) is 11.6 Å². The summed E-state index contributed by atoms with van der Waals surface area (Å²) < 4.78 is 11.6. The molecule has 1 aromatic heterocycles. The Morgan fingerprint density at radius 1 is 1.50 bits per heavy atom. The predicted molar refractivity (Wildman–Crippen MR) is 96.2 cm³/mol. The first-order valence-corrected chi connectivity index (χ1v) is 8.18. The number of aromatic nitrogens is 1. The number of hydrogen-bond acceptors (Lipinski definition) is 5. The molecule has 1 aromatic carbocycles. The normalized spacial score (nSPS) is 10.7. The number of carbonyl (C=O) groups excluding carboxylic acids is 1. The lowest BCUT2D eigenvalue weighted by Crippen LogP contribution is -2.18. The van der Waals surface area contributed by atoms with Gasteiger partial charge in [0.2, 0.25) is 0 Å². The number of hydrazone groups is 1. The van der Waals surface area contributed by atoms with Gasteiger partial charge in [0, 0.05) is 6.20 Å². The summed E-state index contributed by atoms with van der Waals surface area (Å²) in [6.07, 6.45) is 3.00. The summed E-state index contributed by atoms with van der Waals surface area (Å²) >= 11 is 9.29. The molecule has 0 radical (unpaired) electrons. The number of ether oxygens (including phenoxy) is 2. The van der Waals surface area contributed by atoms with E-state index in [4.69, 9.17) is 21.1 Å². The van der Waals surface area contributed by atoms with Gasteiger partial charge >= 0.3 is 0 Å². The Hall–Kier alpha value is -2.12. The highest BCUT2D eigenvalue weighted by Crippen LogP contribution is 2.36. The van der Waals surface area contributed by atoms with E-state index in [9.17, 15) is 4.79 Å². The second-order valence-electron chi connectivity index (χ2n) is 4.51. The largest absolute Gasteiger partial charge is 0.493 e. The van der Waals surface area contributed by atoms with Gasteiger partial charge in [-0.25, -0.2) is 10.4 Å². The van der Waals surface area contributed by atoms with Gasteiger partial charge in [-0.05, 0) is 52.7 Å². The highest BCUT2D eigenvalue weighted by Gasteiger charge is 2.11. The fraction of sp³-hybridized carbons (Fsp3) is 0.188. The number of benzene rings is 1. The number of carbonyl (C=O) groups is 1. The van der Waals surface area contributed by atoms with Crippen LogP contribution in [0.5, 0.6) is 11.5 Å². The third-order valence-electron chi connectivity index (χ3n) is 2.92. The highest BCUT2D eigenvalue weighted by atomic mass is 79.9. The molecule has 1 N–H and O–H groups in total. The standard InChI is InChI=1S/C16H15BrClN3O3/c1-3-24-14-12(17)7-10(8-13(14)23-2)9-20-21-16(22)11-5-4-6-19-15(11)18/h4-9H,3H2,1-2H3,(H,21,22). The van der Waals surface area contributed by atoms with E-state index in [1.54, 1.807) is 31.4 Å². The van der Waals surface area contributed by atoms with Gasteiger partial charge < -0.3 is 9.47 Å². The number of hydrogen-bond donors (Lipinski definition) is 1. The third kappa shape index (κ3) is 4.46. The van der Waals surface area contributed by atoms with Crippen LogP contribution in [-0.2, 0) is 0 Å². The molecular weight excluding hydrogens is 398 g/mol. The Balaban J connectivity index is 2.13. The zero-order valence-electron chi connectivity index (χ0n) is 13.0. The van der Waals surface area contributed by atoms with Gasteiger partial charge in [0.25, 0.3) is 5.91 Å². The molecule has 0 aliphatic rings. The molecule has 0 fully saturated rings. The Bertz CT molecular complexity index is 768. The van der Waals surface area contributed by atoms with Crippen molar-refractivity contribution in [3.63, 3.8) is 0 Å². The van der Waals surface area contributed by atoms with Crippen molar-refractivity contribution in [3.8, 4) is 11.5 Å². The van der Waals surface area contributed by atoms with Crippen LogP contribution in [0.4, 0.5) is 0 Å². The maximum Gasteiger partial charge on any atom is 0.274 e. The highest BCUT2D eigenvalue weighted by molar-refractivity contribution is 9.10. The molecule has 6 nitrogen and oxygen atoms in total. The minimum absolute atomic E-state index is 0.121. The first kappa shape index (κ1) is 18.2. The summed E-state index contributed by atoms with van der Waals surface area (Å²) in [6.45, 7) is 2.41. The molecule has 0 saturated heterocycles. The average molecular weight is 413 g/mol. The van der Waals surface area contributed by atoms with E-state index < -0.39 is 5.91 Å². The van der Waals surface area contributed by atoms with Crippen LogP contribution in [0.1, 0.15) is 22.8 Å². The second-order valence-corrected chi connectivity index (χ2v) is 5.72. The van der Waals surface area contributed by atoms with E-state index in [0.29, 0.717) is 18.1 Å². The molecule has 126 valence electrons. The molecule has 1 heterocycles. The van der Waals surface area contributed by atoms with E-state index in [1.807, 2.05) is 6.92 Å². The number of amides is 1. The van der Waals surface area contributed by atoms with Crippen LogP contribution >= 0.6 is 27.5 Å². The number of rotatable bonds is 6. The van der Waals surface area contributed by atoms with Gasteiger partial charge in [-0.15, -0.1) is 0 Å². The molecule has 2 aromatic rings. The maximum absolute atomic E-state index is 12.0. The SMILES string of the molecule is CCOc1c(Br)cc(C=NNC(=O)c2cccnc2Cl)cc1OC. The summed E-state index contributed by atoms with van der Waals surface area (Å²) in [5, 5.41) is 4.04. The lowest BCUT2D eigenvalue weighted by atomic mass is 10.2. The predicted octanol–water partition coefficient (Wildman–Crippen LogP) is 3.67. The molecule has 0 atom stereocenters. The van der Waals surface area contributed by atoms with E-state index in [-0.39, 0.29) is 10.7 Å². The fourth-order valence-corrected chi connectivity index (χ4v) is 2.66. The van der Waals surface area contributed by atoms with E-state index >= 15 is 0 Å². The summed E-state index contributed by atoms with van der Waals surface area (Å²) in [6, 6.07) is 6.75. The molecule has 1 amide bonds. The molecule has 0 spiro atoms. The Kier molecular flexibility index (Phi) is 6.57. The van der Waals surface area contributed by atoms with Crippen LogP contribution < -0.4 is 14.9 Å². The molecule has 0 aliphatic carbocycles. The third-order valence-corrected chi connectivity index (χ3v) is 3.81. The zero-order chi connectivity index (χ0) is 17.5. The van der Waals surface area contributed by atoms with E-state index in [2.05, 4.69) is 31.4 Å². The van der Waals surface area contributed by atoms with Crippen LogP contribution in [-0.4, -0.2) is 30.8 Å². The van der Waals surface area contributed by atoms with Gasteiger partial charge in [-0.3, -0.25) is 4.79 Å². The molecular formula is C16H15BrClN3O3. The minimum Gasteiger partial charge on any atom is -0.493 e. The Labute approximate surface area is 153 Å². The van der Waals surface area contributed by atoms with E-state index in [0.717, 1.165) is 10.0 Å². The molecule has 0 bridgehead atoms. The van der Waals surface area contributed by atoms with Crippen LogP contribution in [0.2, 0.25) is 5.15 Å². The number of nitrogens with zero attached hydrogens (tertiary/aromatic N) is 2. The topological polar surface area (TPSA) is 72.8 Å². The van der Waals surface area contributed by atoms with Crippen LogP contribution in [0.3, 0.4) is 0 Å².